The fraction of sp³-hybridized carbons (Fsp3) is 0.533. The molecule has 0 spiro atoms. The van der Waals surface area contributed by atoms with E-state index in [1.54, 1.807) is 0 Å². The normalized spacial score (nSPS) is 15.1. The molecule has 2 aromatic rings. The van der Waals surface area contributed by atoms with Gasteiger partial charge in [0, 0.05) is 31.9 Å². The van der Waals surface area contributed by atoms with Crippen LogP contribution in [0, 0.1) is 0 Å². The summed E-state index contributed by atoms with van der Waals surface area (Å²) < 4.78 is 2.21. The first kappa shape index (κ1) is 12.5. The Bertz CT molecular complexity index is 552. The minimum atomic E-state index is 0.721. The van der Waals surface area contributed by atoms with Gasteiger partial charge >= 0.3 is 0 Å². The quantitative estimate of drug-likeness (QED) is 0.863. The van der Waals surface area contributed by atoms with Gasteiger partial charge in [0.1, 0.15) is 5.65 Å². The molecule has 2 heterocycles. The monoisotopic (exact) mass is 258 g/mol. The molecule has 1 saturated carbocycles. The third kappa shape index (κ3) is 2.45. The fourth-order valence-corrected chi connectivity index (χ4v) is 2.50. The van der Waals surface area contributed by atoms with Gasteiger partial charge in [-0.3, -0.25) is 0 Å². The van der Waals surface area contributed by atoms with Crippen LogP contribution in [0.1, 0.15) is 32.4 Å². The van der Waals surface area contributed by atoms with Crippen molar-refractivity contribution in [1.82, 2.24) is 14.7 Å². The first-order valence-corrected chi connectivity index (χ1v) is 7.27. The van der Waals surface area contributed by atoms with Gasteiger partial charge in [-0.25, -0.2) is 4.98 Å². The van der Waals surface area contributed by atoms with E-state index in [1.807, 2.05) is 6.07 Å². The molecule has 1 aliphatic carbocycles. The van der Waals surface area contributed by atoms with Gasteiger partial charge < -0.3 is 14.6 Å². The molecule has 0 radical (unpaired) electrons. The van der Waals surface area contributed by atoms with Crippen molar-refractivity contribution in [2.75, 3.05) is 18.0 Å². The van der Waals surface area contributed by atoms with E-state index in [4.69, 9.17) is 4.98 Å². The first-order chi connectivity index (χ1) is 9.33. The van der Waals surface area contributed by atoms with Gasteiger partial charge in [-0.05, 0) is 38.8 Å². The number of rotatable bonds is 6. The van der Waals surface area contributed by atoms with Crippen molar-refractivity contribution in [1.29, 1.82) is 0 Å². The number of nitrogens with one attached hydrogen (secondary N) is 1. The molecule has 1 aliphatic rings. The van der Waals surface area contributed by atoms with Crippen LogP contribution in [0.4, 0.5) is 5.82 Å². The summed E-state index contributed by atoms with van der Waals surface area (Å²) in [5.41, 5.74) is 2.32. The number of pyridine rings is 1. The zero-order chi connectivity index (χ0) is 13.2. The maximum Gasteiger partial charge on any atom is 0.152 e. The molecule has 0 amide bonds. The Morgan fingerprint density at radius 2 is 2.11 bits per heavy atom. The Morgan fingerprint density at radius 3 is 2.79 bits per heavy atom. The van der Waals surface area contributed by atoms with Crippen molar-refractivity contribution in [2.45, 2.75) is 39.3 Å². The molecule has 1 fully saturated rings. The summed E-state index contributed by atoms with van der Waals surface area (Å²) >= 11 is 0. The van der Waals surface area contributed by atoms with Crippen molar-refractivity contribution in [3.63, 3.8) is 0 Å². The third-order valence-corrected chi connectivity index (χ3v) is 3.81. The summed E-state index contributed by atoms with van der Waals surface area (Å²) in [6, 6.07) is 6.92. The molecule has 3 rings (SSSR count). The Hall–Kier alpha value is -1.55. The van der Waals surface area contributed by atoms with E-state index in [0.29, 0.717) is 0 Å². The Morgan fingerprint density at radius 1 is 1.32 bits per heavy atom. The van der Waals surface area contributed by atoms with E-state index in [-0.39, 0.29) is 0 Å². The van der Waals surface area contributed by atoms with E-state index >= 15 is 0 Å². The van der Waals surface area contributed by atoms with Gasteiger partial charge in [0.25, 0.3) is 0 Å². The van der Waals surface area contributed by atoms with Crippen LogP contribution in [-0.2, 0) is 6.54 Å². The summed E-state index contributed by atoms with van der Waals surface area (Å²) in [6.07, 6.45) is 4.74. The summed E-state index contributed by atoms with van der Waals surface area (Å²) in [7, 11) is 0. The lowest BCUT2D eigenvalue weighted by Crippen LogP contribution is -2.25. The highest BCUT2D eigenvalue weighted by Crippen LogP contribution is 2.24. The molecule has 4 nitrogen and oxygen atoms in total. The van der Waals surface area contributed by atoms with Gasteiger partial charge in [0.15, 0.2) is 5.82 Å². The molecule has 0 saturated heterocycles. The molecule has 4 heteroatoms. The summed E-state index contributed by atoms with van der Waals surface area (Å²) in [4.78, 5) is 7.13. The Balaban J connectivity index is 1.99. The summed E-state index contributed by atoms with van der Waals surface area (Å²) in [5.74, 6) is 1.13. The van der Waals surface area contributed by atoms with Crippen LogP contribution < -0.4 is 10.2 Å². The highest BCUT2D eigenvalue weighted by Gasteiger charge is 2.22. The topological polar surface area (TPSA) is 32.6 Å². The van der Waals surface area contributed by atoms with Crippen molar-refractivity contribution in [3.05, 3.63) is 30.1 Å². The number of nitrogens with zero attached hydrogens (tertiary/aromatic N) is 3. The van der Waals surface area contributed by atoms with Crippen LogP contribution in [0.2, 0.25) is 0 Å². The van der Waals surface area contributed by atoms with Crippen LogP contribution in [0.25, 0.3) is 5.65 Å². The van der Waals surface area contributed by atoms with E-state index in [2.05, 4.69) is 46.8 Å². The second-order valence-corrected chi connectivity index (χ2v) is 5.14. The molecule has 0 unspecified atom stereocenters. The largest absolute Gasteiger partial charge is 0.356 e. The number of anilines is 1. The van der Waals surface area contributed by atoms with Crippen LogP contribution in [0.3, 0.4) is 0 Å². The average molecular weight is 258 g/mol. The minimum Gasteiger partial charge on any atom is -0.356 e. The second kappa shape index (κ2) is 5.21. The van der Waals surface area contributed by atoms with Crippen LogP contribution in [-0.4, -0.2) is 28.5 Å². The van der Waals surface area contributed by atoms with E-state index in [9.17, 15) is 0 Å². The number of fused-ring (bicyclic) bond motifs is 1. The van der Waals surface area contributed by atoms with Crippen LogP contribution in [0.5, 0.6) is 0 Å². The fourth-order valence-electron chi connectivity index (χ4n) is 2.50. The van der Waals surface area contributed by atoms with Crippen molar-refractivity contribution in [3.8, 4) is 0 Å². The molecule has 0 aliphatic heterocycles. The van der Waals surface area contributed by atoms with Gasteiger partial charge in [0.05, 0.1) is 5.69 Å². The lowest BCUT2D eigenvalue weighted by atomic mass is 10.3. The summed E-state index contributed by atoms with van der Waals surface area (Å²) in [5, 5.41) is 3.61. The molecule has 102 valence electrons. The first-order valence-electron chi connectivity index (χ1n) is 7.27. The molecule has 2 aromatic heterocycles. The SMILES string of the molecule is CCN(CC)c1nc2ccccn2c1CNC1CC1. The second-order valence-electron chi connectivity index (χ2n) is 5.14. The number of hydrogen-bond donors (Lipinski definition) is 1. The predicted octanol–water partition coefficient (Wildman–Crippen LogP) is 2.43. The lowest BCUT2D eigenvalue weighted by Gasteiger charge is -2.20. The van der Waals surface area contributed by atoms with Gasteiger partial charge in [-0.15, -0.1) is 0 Å². The van der Waals surface area contributed by atoms with Crippen molar-refractivity contribution >= 4 is 11.5 Å². The maximum atomic E-state index is 4.80. The molecule has 19 heavy (non-hydrogen) atoms. The average Bonchev–Trinajstić information content (AvgIpc) is 3.20. The van der Waals surface area contributed by atoms with Crippen molar-refractivity contribution < 1.29 is 0 Å². The highest BCUT2D eigenvalue weighted by atomic mass is 15.2. The van der Waals surface area contributed by atoms with E-state index in [1.165, 1.54) is 18.5 Å². The van der Waals surface area contributed by atoms with Gasteiger partial charge in [-0.1, -0.05) is 6.07 Å². The van der Waals surface area contributed by atoms with E-state index in [0.717, 1.165) is 37.1 Å². The smallest absolute Gasteiger partial charge is 0.152 e. The Labute approximate surface area is 114 Å². The van der Waals surface area contributed by atoms with Gasteiger partial charge in [-0.2, -0.15) is 0 Å². The third-order valence-electron chi connectivity index (χ3n) is 3.81. The minimum absolute atomic E-state index is 0.721. The van der Waals surface area contributed by atoms with Crippen LogP contribution >= 0.6 is 0 Å². The predicted molar refractivity (Wildman–Crippen MR) is 78.6 cm³/mol. The molecule has 1 N–H and O–H groups in total. The summed E-state index contributed by atoms with van der Waals surface area (Å²) in [6.45, 7) is 7.27. The van der Waals surface area contributed by atoms with Gasteiger partial charge in [0.2, 0.25) is 0 Å². The molecule has 0 atom stereocenters. The highest BCUT2D eigenvalue weighted by molar-refractivity contribution is 5.55. The lowest BCUT2D eigenvalue weighted by molar-refractivity contribution is 0.666. The zero-order valence-corrected chi connectivity index (χ0v) is 11.8. The number of aromatic nitrogens is 2. The maximum absolute atomic E-state index is 4.80. The number of imidazole rings is 1. The van der Waals surface area contributed by atoms with Crippen LogP contribution in [0.15, 0.2) is 24.4 Å². The standard InChI is InChI=1S/C15H22N4/c1-3-18(4-2)15-13(11-16-12-8-9-12)19-10-6-5-7-14(19)17-15/h5-7,10,12,16H,3-4,8-9,11H2,1-2H3. The van der Waals surface area contributed by atoms with Crippen molar-refractivity contribution in [2.24, 2.45) is 0 Å². The Kier molecular flexibility index (Phi) is 3.42. The molecular weight excluding hydrogens is 236 g/mol. The number of hydrogen-bond acceptors (Lipinski definition) is 3. The zero-order valence-electron chi connectivity index (χ0n) is 11.8. The molecule has 0 bridgehead atoms. The van der Waals surface area contributed by atoms with E-state index < -0.39 is 0 Å². The molecule has 0 aromatic carbocycles. The molecular formula is C15H22N4.